The molecule has 1 N–H and O–H groups in total. The van der Waals surface area contributed by atoms with Crippen molar-refractivity contribution in [2.24, 2.45) is 0 Å². The van der Waals surface area contributed by atoms with Gasteiger partial charge in [0.25, 0.3) is 0 Å². The van der Waals surface area contributed by atoms with Gasteiger partial charge in [-0.1, -0.05) is 0 Å². The molecule has 1 aliphatic rings. The third kappa shape index (κ3) is 1.60. The molecule has 1 rings (SSSR count). The summed E-state index contributed by atoms with van der Waals surface area (Å²) in [6.45, 7) is 1.29. The maximum Gasteiger partial charge on any atom is 0.234 e. The fraction of sp³-hybridized carbons (Fsp3) is 0.556. The van der Waals surface area contributed by atoms with E-state index in [0.717, 1.165) is 17.8 Å². The van der Waals surface area contributed by atoms with Crippen molar-refractivity contribution < 1.29 is 18.6 Å². The quantitative estimate of drug-likeness (QED) is 0.726. The predicted molar refractivity (Wildman–Crippen MR) is 52.3 cm³/mol. The van der Waals surface area contributed by atoms with Gasteiger partial charge in [-0.2, -0.15) is 0 Å². The first kappa shape index (κ1) is 11.7. The molecule has 0 heterocycles. The van der Waals surface area contributed by atoms with Gasteiger partial charge in [0.05, 0.1) is 0 Å². The van der Waals surface area contributed by atoms with Gasteiger partial charge in [-0.05, 0) is 19.3 Å². The summed E-state index contributed by atoms with van der Waals surface area (Å²) in [4.78, 5) is 0.135. The number of thioether (sulfide) groups is 1. The molecule has 5 heteroatoms. The Balaban J connectivity index is 3.19. The van der Waals surface area contributed by atoms with Gasteiger partial charge < -0.3 is 9.84 Å². The number of alkyl halides is 1. The summed E-state index contributed by atoms with van der Waals surface area (Å²) < 4.78 is 31.4. The number of ether oxygens (including phenoxy) is 1. The van der Waals surface area contributed by atoms with Crippen LogP contribution < -0.4 is 0 Å². The van der Waals surface area contributed by atoms with Crippen LogP contribution in [0.25, 0.3) is 0 Å². The molecule has 0 spiro atoms. The molecule has 80 valence electrons. The summed E-state index contributed by atoms with van der Waals surface area (Å²) in [5.74, 6) is -2.69. The number of aliphatic hydroxyl groups is 1. The van der Waals surface area contributed by atoms with E-state index in [4.69, 9.17) is 4.74 Å². The summed E-state index contributed by atoms with van der Waals surface area (Å²) in [5.41, 5.74) is -0.146. The van der Waals surface area contributed by atoms with Crippen LogP contribution >= 0.6 is 11.8 Å². The number of methoxy groups -OCH3 is 1. The normalized spacial score (nSPS) is 33.3. The van der Waals surface area contributed by atoms with Gasteiger partial charge in [-0.3, -0.25) is 0 Å². The molecule has 0 aliphatic heterocycles. The lowest BCUT2D eigenvalue weighted by molar-refractivity contribution is -0.183. The van der Waals surface area contributed by atoms with Crippen molar-refractivity contribution in [3.63, 3.8) is 0 Å². The van der Waals surface area contributed by atoms with Crippen molar-refractivity contribution in [1.82, 2.24) is 0 Å². The molecule has 2 nitrogen and oxygen atoms in total. The molecule has 0 radical (unpaired) electrons. The molecule has 0 aromatic carbocycles. The minimum atomic E-state index is -2.04. The molecule has 2 unspecified atom stereocenters. The average Bonchev–Trinajstić information content (AvgIpc) is 2.20. The van der Waals surface area contributed by atoms with Gasteiger partial charge in [0.1, 0.15) is 5.83 Å². The molecular formula is C9H12F2O2S. The maximum absolute atomic E-state index is 13.6. The number of halogens is 2. The minimum absolute atomic E-state index is 0.135. The topological polar surface area (TPSA) is 29.5 Å². The zero-order valence-electron chi connectivity index (χ0n) is 8.17. The van der Waals surface area contributed by atoms with Crippen molar-refractivity contribution >= 4 is 11.8 Å². The Morgan fingerprint density at radius 1 is 1.64 bits per heavy atom. The Morgan fingerprint density at radius 3 is 2.64 bits per heavy atom. The molecule has 14 heavy (non-hydrogen) atoms. The van der Waals surface area contributed by atoms with E-state index in [2.05, 4.69) is 0 Å². The molecule has 0 bridgehead atoms. The Hall–Kier alpha value is -0.390. The van der Waals surface area contributed by atoms with Gasteiger partial charge in [0.2, 0.25) is 5.79 Å². The lowest BCUT2D eigenvalue weighted by Gasteiger charge is -2.34. The third-order valence-corrected chi connectivity index (χ3v) is 3.09. The second-order valence-electron chi connectivity index (χ2n) is 3.01. The van der Waals surface area contributed by atoms with Crippen LogP contribution in [0, 0.1) is 0 Å². The van der Waals surface area contributed by atoms with Crippen LogP contribution in [0.4, 0.5) is 8.78 Å². The summed E-state index contributed by atoms with van der Waals surface area (Å²) in [5, 5.41) is 9.81. The zero-order chi connectivity index (χ0) is 10.9. The van der Waals surface area contributed by atoms with E-state index in [9.17, 15) is 13.9 Å². The summed E-state index contributed by atoms with van der Waals surface area (Å²) in [7, 11) is 1.19. The molecule has 0 amide bonds. The lowest BCUT2D eigenvalue weighted by atomic mass is 9.97. The van der Waals surface area contributed by atoms with Crippen LogP contribution in [-0.4, -0.2) is 30.4 Å². The highest BCUT2D eigenvalue weighted by atomic mass is 32.2. The van der Waals surface area contributed by atoms with Crippen molar-refractivity contribution in [3.8, 4) is 0 Å². The Morgan fingerprint density at radius 2 is 2.21 bits per heavy atom. The fourth-order valence-electron chi connectivity index (χ4n) is 1.28. The largest absolute Gasteiger partial charge is 0.359 e. The zero-order valence-corrected chi connectivity index (χ0v) is 8.99. The highest BCUT2D eigenvalue weighted by Gasteiger charge is 2.45. The van der Waals surface area contributed by atoms with Crippen molar-refractivity contribution in [1.29, 1.82) is 0 Å². The van der Waals surface area contributed by atoms with Crippen molar-refractivity contribution in [3.05, 3.63) is 22.4 Å². The van der Waals surface area contributed by atoms with Crippen LogP contribution in [0.3, 0.4) is 0 Å². The minimum Gasteiger partial charge on any atom is -0.359 e. The lowest BCUT2D eigenvalue weighted by Crippen LogP contribution is -2.45. The van der Waals surface area contributed by atoms with Crippen LogP contribution in [0.1, 0.15) is 6.92 Å². The van der Waals surface area contributed by atoms with E-state index in [1.807, 2.05) is 0 Å². The molecule has 1 aliphatic carbocycles. The number of allylic oxidation sites excluding steroid dienone is 2. The number of rotatable bonds is 2. The summed E-state index contributed by atoms with van der Waals surface area (Å²) in [6.07, 6.45) is 0.857. The van der Waals surface area contributed by atoms with Gasteiger partial charge in [-0.15, -0.1) is 11.8 Å². The first-order valence-electron chi connectivity index (χ1n) is 4.01. The van der Waals surface area contributed by atoms with Gasteiger partial charge >= 0.3 is 0 Å². The van der Waals surface area contributed by atoms with E-state index in [-0.39, 0.29) is 10.5 Å². The maximum atomic E-state index is 13.6. The van der Waals surface area contributed by atoms with Crippen LogP contribution in [0.2, 0.25) is 0 Å². The van der Waals surface area contributed by atoms with Gasteiger partial charge in [-0.25, -0.2) is 8.78 Å². The van der Waals surface area contributed by atoms with Crippen LogP contribution in [0.5, 0.6) is 0 Å². The van der Waals surface area contributed by atoms with Gasteiger partial charge in [0, 0.05) is 17.6 Å². The molecule has 0 aromatic rings. The van der Waals surface area contributed by atoms with E-state index in [1.165, 1.54) is 14.0 Å². The van der Waals surface area contributed by atoms with E-state index in [1.54, 1.807) is 6.26 Å². The third-order valence-electron chi connectivity index (χ3n) is 2.24. The summed E-state index contributed by atoms with van der Waals surface area (Å²) in [6, 6.07) is 0. The number of hydrogen-bond donors (Lipinski definition) is 1. The Labute approximate surface area is 85.6 Å². The predicted octanol–water partition coefficient (Wildman–Crippen LogP) is 2.16. The highest BCUT2D eigenvalue weighted by Crippen LogP contribution is 2.40. The first-order chi connectivity index (χ1) is 6.47. The average molecular weight is 222 g/mol. The summed E-state index contributed by atoms with van der Waals surface area (Å²) >= 11 is 1.06. The molecule has 2 atom stereocenters. The SMILES string of the molecule is COC1(O)C(SC)=CC(F)=C(C)C1F. The van der Waals surface area contributed by atoms with E-state index < -0.39 is 17.8 Å². The second-order valence-corrected chi connectivity index (χ2v) is 3.85. The Bertz CT molecular complexity index is 301. The first-order valence-corrected chi connectivity index (χ1v) is 5.23. The smallest absolute Gasteiger partial charge is 0.234 e. The molecule has 0 fully saturated rings. The molecular weight excluding hydrogens is 210 g/mol. The highest BCUT2D eigenvalue weighted by molar-refractivity contribution is 8.02. The Kier molecular flexibility index (Phi) is 3.34. The van der Waals surface area contributed by atoms with Crippen molar-refractivity contribution in [2.45, 2.75) is 18.9 Å². The molecule has 0 saturated heterocycles. The van der Waals surface area contributed by atoms with E-state index in [0.29, 0.717) is 0 Å². The fourth-order valence-corrected chi connectivity index (χ4v) is 1.98. The number of hydrogen-bond acceptors (Lipinski definition) is 3. The van der Waals surface area contributed by atoms with Gasteiger partial charge in [0.15, 0.2) is 6.17 Å². The molecule has 0 saturated carbocycles. The standard InChI is InChI=1S/C9H12F2O2S/c1-5-6(10)4-7(14-3)9(12,13-2)8(5)11/h4,8,12H,1-3H3. The van der Waals surface area contributed by atoms with Crippen LogP contribution in [0.15, 0.2) is 22.4 Å². The van der Waals surface area contributed by atoms with E-state index >= 15 is 0 Å². The van der Waals surface area contributed by atoms with Crippen molar-refractivity contribution in [2.75, 3.05) is 13.4 Å². The second kappa shape index (κ2) is 4.00. The monoisotopic (exact) mass is 222 g/mol. The molecule has 0 aromatic heterocycles. The van der Waals surface area contributed by atoms with Crippen LogP contribution in [-0.2, 0) is 4.74 Å².